The third-order valence-electron chi connectivity index (χ3n) is 5.33. The van der Waals surface area contributed by atoms with E-state index in [4.69, 9.17) is 8.94 Å². The topological polar surface area (TPSA) is 79.8 Å². The molecule has 0 spiro atoms. The molecule has 0 N–H and O–H groups in total. The summed E-state index contributed by atoms with van der Waals surface area (Å²) in [4.78, 5) is 28.8. The number of piperazine rings is 1. The highest BCUT2D eigenvalue weighted by molar-refractivity contribution is 5.96. The largest absolute Gasteiger partial charge is 0.451 e. The van der Waals surface area contributed by atoms with Gasteiger partial charge in [0.2, 0.25) is 5.76 Å². The molecule has 0 atom stereocenters. The lowest BCUT2D eigenvalue weighted by Crippen LogP contribution is -2.50. The van der Waals surface area contributed by atoms with Gasteiger partial charge in [-0.2, -0.15) is 0 Å². The number of rotatable bonds is 3. The lowest BCUT2D eigenvalue weighted by molar-refractivity contribution is 0.0498. The Morgan fingerprint density at radius 1 is 0.839 bits per heavy atom. The van der Waals surface area contributed by atoms with Crippen LogP contribution < -0.4 is 0 Å². The summed E-state index contributed by atoms with van der Waals surface area (Å²) in [7, 11) is 0. The van der Waals surface area contributed by atoms with Crippen molar-refractivity contribution in [3.8, 4) is 11.3 Å². The van der Waals surface area contributed by atoms with Gasteiger partial charge < -0.3 is 18.7 Å². The zero-order valence-electron chi connectivity index (χ0n) is 16.5. The van der Waals surface area contributed by atoms with Crippen LogP contribution in [0, 0.1) is 5.82 Å². The molecule has 1 fully saturated rings. The van der Waals surface area contributed by atoms with Gasteiger partial charge in [-0.15, -0.1) is 0 Å². The summed E-state index contributed by atoms with van der Waals surface area (Å²) in [6.07, 6.45) is 0. The summed E-state index contributed by atoms with van der Waals surface area (Å²) >= 11 is 0. The molecule has 2 aromatic heterocycles. The van der Waals surface area contributed by atoms with Crippen LogP contribution in [0.2, 0.25) is 0 Å². The number of para-hydroxylation sites is 1. The van der Waals surface area contributed by atoms with Crippen LogP contribution in [-0.2, 0) is 0 Å². The van der Waals surface area contributed by atoms with Gasteiger partial charge in [-0.1, -0.05) is 35.5 Å². The van der Waals surface area contributed by atoms with Crippen LogP contribution in [0.4, 0.5) is 4.39 Å². The van der Waals surface area contributed by atoms with Crippen molar-refractivity contribution in [2.45, 2.75) is 0 Å². The molecule has 1 aliphatic rings. The van der Waals surface area contributed by atoms with E-state index in [1.165, 1.54) is 18.2 Å². The number of nitrogens with zero attached hydrogens (tertiary/aromatic N) is 3. The minimum Gasteiger partial charge on any atom is -0.451 e. The Morgan fingerprint density at radius 3 is 2.26 bits per heavy atom. The maximum atomic E-state index is 13.4. The van der Waals surface area contributed by atoms with Crippen LogP contribution in [0.5, 0.6) is 0 Å². The molecule has 2 aromatic carbocycles. The van der Waals surface area contributed by atoms with Crippen molar-refractivity contribution in [3.05, 3.63) is 78.0 Å². The van der Waals surface area contributed by atoms with Gasteiger partial charge in [0.25, 0.3) is 11.8 Å². The predicted molar refractivity (Wildman–Crippen MR) is 110 cm³/mol. The Balaban J connectivity index is 1.24. The predicted octanol–water partition coefficient (Wildman–Crippen LogP) is 3.83. The maximum Gasteiger partial charge on any atom is 0.292 e. The van der Waals surface area contributed by atoms with Crippen molar-refractivity contribution in [2.24, 2.45) is 0 Å². The van der Waals surface area contributed by atoms with Crippen LogP contribution in [0.25, 0.3) is 22.2 Å². The standard InChI is InChI=1S/C23H18FN3O4/c24-17-6-3-5-15(12-17)18-14-21(31-25-18)23(29)27-10-8-26(9-11-27)22(28)20-13-16-4-1-2-7-19(16)30-20/h1-7,12-14H,8-11H2. The van der Waals surface area contributed by atoms with Gasteiger partial charge in [0, 0.05) is 43.2 Å². The van der Waals surface area contributed by atoms with Gasteiger partial charge in [-0.05, 0) is 24.3 Å². The molecule has 0 saturated carbocycles. The van der Waals surface area contributed by atoms with Crippen LogP contribution >= 0.6 is 0 Å². The minimum atomic E-state index is -0.390. The monoisotopic (exact) mass is 419 g/mol. The number of halogens is 1. The van der Waals surface area contributed by atoms with E-state index in [-0.39, 0.29) is 23.3 Å². The van der Waals surface area contributed by atoms with E-state index in [1.54, 1.807) is 28.0 Å². The number of carbonyl (C=O) groups is 2. The number of furan rings is 1. The first-order chi connectivity index (χ1) is 15.1. The fourth-order valence-corrected chi connectivity index (χ4v) is 3.67. The molecule has 156 valence electrons. The Kier molecular flexibility index (Phi) is 4.74. The van der Waals surface area contributed by atoms with Gasteiger partial charge in [-0.25, -0.2) is 4.39 Å². The third kappa shape index (κ3) is 3.68. The second-order valence-electron chi connectivity index (χ2n) is 7.32. The first-order valence-electron chi connectivity index (χ1n) is 9.88. The lowest BCUT2D eigenvalue weighted by atomic mass is 10.1. The van der Waals surface area contributed by atoms with E-state index >= 15 is 0 Å². The molecule has 1 saturated heterocycles. The first-order valence-corrected chi connectivity index (χ1v) is 9.88. The molecule has 4 aromatic rings. The SMILES string of the molecule is O=C(c1cc(-c2cccc(F)c2)no1)N1CCN(C(=O)c2cc3ccccc3o2)CC1. The Labute approximate surface area is 176 Å². The van der Waals surface area contributed by atoms with Crippen molar-refractivity contribution >= 4 is 22.8 Å². The third-order valence-corrected chi connectivity index (χ3v) is 5.33. The molecule has 0 aliphatic carbocycles. The summed E-state index contributed by atoms with van der Waals surface area (Å²) in [6.45, 7) is 1.49. The van der Waals surface area contributed by atoms with E-state index < -0.39 is 5.82 Å². The average molecular weight is 419 g/mol. The number of fused-ring (bicyclic) bond motifs is 1. The quantitative estimate of drug-likeness (QED) is 0.504. The molecule has 2 amide bonds. The van der Waals surface area contributed by atoms with Crippen molar-refractivity contribution in [1.82, 2.24) is 15.0 Å². The summed E-state index contributed by atoms with van der Waals surface area (Å²) in [5.41, 5.74) is 1.59. The second kappa shape index (κ2) is 7.71. The number of aromatic nitrogens is 1. The van der Waals surface area contributed by atoms with E-state index in [1.807, 2.05) is 24.3 Å². The van der Waals surface area contributed by atoms with Gasteiger partial charge in [0.1, 0.15) is 17.1 Å². The van der Waals surface area contributed by atoms with Crippen LogP contribution in [-0.4, -0.2) is 52.9 Å². The molecular formula is C23H18FN3O4. The van der Waals surface area contributed by atoms with Gasteiger partial charge >= 0.3 is 0 Å². The highest BCUT2D eigenvalue weighted by Gasteiger charge is 2.29. The molecule has 31 heavy (non-hydrogen) atoms. The number of hydrogen-bond acceptors (Lipinski definition) is 5. The molecule has 0 radical (unpaired) electrons. The molecule has 8 heteroatoms. The lowest BCUT2D eigenvalue weighted by Gasteiger charge is -2.33. The van der Waals surface area contributed by atoms with Crippen LogP contribution in [0.15, 0.2) is 69.6 Å². The van der Waals surface area contributed by atoms with Gasteiger partial charge in [0.15, 0.2) is 5.76 Å². The molecule has 5 rings (SSSR count). The maximum absolute atomic E-state index is 13.4. The minimum absolute atomic E-state index is 0.0799. The van der Waals surface area contributed by atoms with Crippen molar-refractivity contribution in [3.63, 3.8) is 0 Å². The van der Waals surface area contributed by atoms with E-state index in [2.05, 4.69) is 5.16 Å². The zero-order chi connectivity index (χ0) is 21.4. The number of carbonyl (C=O) groups excluding carboxylic acids is 2. The summed E-state index contributed by atoms with van der Waals surface area (Å²) in [5, 5.41) is 4.76. The first kappa shape index (κ1) is 19.0. The van der Waals surface area contributed by atoms with E-state index in [0.717, 1.165) is 5.39 Å². The molecule has 7 nitrogen and oxygen atoms in total. The van der Waals surface area contributed by atoms with E-state index in [0.29, 0.717) is 43.0 Å². The molecular weight excluding hydrogens is 401 g/mol. The second-order valence-corrected chi connectivity index (χ2v) is 7.32. The number of hydrogen-bond donors (Lipinski definition) is 0. The molecule has 1 aliphatic heterocycles. The summed E-state index contributed by atoms with van der Waals surface area (Å²) < 4.78 is 24.3. The number of benzene rings is 2. The van der Waals surface area contributed by atoms with Crippen LogP contribution in [0.1, 0.15) is 21.1 Å². The van der Waals surface area contributed by atoms with E-state index in [9.17, 15) is 14.0 Å². The van der Waals surface area contributed by atoms with Crippen molar-refractivity contribution < 1.29 is 22.9 Å². The molecule has 0 unspecified atom stereocenters. The Hall–Kier alpha value is -3.94. The van der Waals surface area contributed by atoms with Gasteiger partial charge in [-0.3, -0.25) is 9.59 Å². The highest BCUT2D eigenvalue weighted by Crippen LogP contribution is 2.23. The average Bonchev–Trinajstić information content (AvgIpc) is 3.46. The Morgan fingerprint density at radius 2 is 1.55 bits per heavy atom. The molecule has 0 bridgehead atoms. The molecule has 3 heterocycles. The highest BCUT2D eigenvalue weighted by atomic mass is 19.1. The van der Waals surface area contributed by atoms with Crippen molar-refractivity contribution in [1.29, 1.82) is 0 Å². The summed E-state index contributed by atoms with van der Waals surface area (Å²) in [5.74, 6) is -0.534. The van der Waals surface area contributed by atoms with Crippen molar-refractivity contribution in [2.75, 3.05) is 26.2 Å². The van der Waals surface area contributed by atoms with Gasteiger partial charge in [0.05, 0.1) is 0 Å². The zero-order valence-corrected chi connectivity index (χ0v) is 16.5. The fourth-order valence-electron chi connectivity index (χ4n) is 3.67. The summed E-state index contributed by atoms with van der Waals surface area (Å²) in [6, 6.07) is 16.6. The smallest absolute Gasteiger partial charge is 0.292 e. The Bertz CT molecular complexity index is 1240. The van der Waals surface area contributed by atoms with Crippen LogP contribution in [0.3, 0.4) is 0 Å². The number of amides is 2. The normalized spacial score (nSPS) is 14.2. The fraction of sp³-hybridized carbons (Fsp3) is 0.174.